The molecule has 1 atom stereocenters. The van der Waals surface area contributed by atoms with Crippen molar-refractivity contribution in [1.82, 2.24) is 10.4 Å². The molecule has 0 fully saturated rings. The minimum absolute atomic E-state index is 0.188. The lowest BCUT2D eigenvalue weighted by Gasteiger charge is -2.17. The Morgan fingerprint density at radius 1 is 1.29 bits per heavy atom. The van der Waals surface area contributed by atoms with Gasteiger partial charge >= 0.3 is 0 Å². The van der Waals surface area contributed by atoms with E-state index in [1.165, 1.54) is 17.4 Å². The molecule has 2 rings (SSSR count). The number of nitrogens with zero attached hydrogens (tertiary/aromatic N) is 1. The van der Waals surface area contributed by atoms with Crippen molar-refractivity contribution in [2.75, 3.05) is 0 Å². The molecule has 0 radical (unpaired) electrons. The summed E-state index contributed by atoms with van der Waals surface area (Å²) < 4.78 is 0. The average Bonchev–Trinajstić information content (AvgIpc) is 2.40. The van der Waals surface area contributed by atoms with Crippen LogP contribution < -0.4 is 11.3 Å². The van der Waals surface area contributed by atoms with E-state index in [9.17, 15) is 0 Å². The molecule has 1 heterocycles. The van der Waals surface area contributed by atoms with E-state index in [4.69, 9.17) is 5.84 Å². The van der Waals surface area contributed by atoms with Gasteiger partial charge in [0, 0.05) is 17.6 Å². The lowest BCUT2D eigenvalue weighted by molar-refractivity contribution is 0.497. The molecule has 17 heavy (non-hydrogen) atoms. The Morgan fingerprint density at radius 3 is 2.88 bits per heavy atom. The van der Waals surface area contributed by atoms with Gasteiger partial charge in [-0.05, 0) is 18.1 Å². The number of pyridine rings is 1. The predicted octanol–water partition coefficient (Wildman–Crippen LogP) is 2.93. The van der Waals surface area contributed by atoms with E-state index in [2.05, 4.69) is 41.6 Å². The summed E-state index contributed by atoms with van der Waals surface area (Å²) in [4.78, 5) is 4.46. The highest BCUT2D eigenvalue weighted by Gasteiger charge is 2.12. The number of rotatable bonds is 5. The van der Waals surface area contributed by atoms with Crippen molar-refractivity contribution in [3.63, 3.8) is 0 Å². The molecule has 0 aliphatic heterocycles. The first kappa shape index (κ1) is 12.0. The van der Waals surface area contributed by atoms with Crippen LogP contribution in [0, 0.1) is 0 Å². The Kier molecular flexibility index (Phi) is 4.07. The second kappa shape index (κ2) is 5.75. The van der Waals surface area contributed by atoms with Crippen LogP contribution in [0.2, 0.25) is 0 Å². The SMILES string of the molecule is CCCCC(NN)c1cccc2cccnc12. The summed E-state index contributed by atoms with van der Waals surface area (Å²) in [5.41, 5.74) is 5.15. The van der Waals surface area contributed by atoms with E-state index in [-0.39, 0.29) is 6.04 Å². The molecule has 0 aliphatic carbocycles. The second-order valence-electron chi connectivity index (χ2n) is 4.28. The number of hydrogen-bond donors (Lipinski definition) is 2. The van der Waals surface area contributed by atoms with Crippen LogP contribution in [0.1, 0.15) is 37.8 Å². The number of benzene rings is 1. The number of hydrazine groups is 1. The van der Waals surface area contributed by atoms with Crippen LogP contribution >= 0.6 is 0 Å². The normalized spacial score (nSPS) is 12.8. The van der Waals surface area contributed by atoms with Crippen molar-refractivity contribution in [3.05, 3.63) is 42.1 Å². The summed E-state index contributed by atoms with van der Waals surface area (Å²) in [6.07, 6.45) is 5.22. The first-order valence-electron chi connectivity index (χ1n) is 6.16. The summed E-state index contributed by atoms with van der Waals surface area (Å²) >= 11 is 0. The molecule has 0 saturated heterocycles. The highest BCUT2D eigenvalue weighted by atomic mass is 15.2. The quantitative estimate of drug-likeness (QED) is 0.612. The minimum Gasteiger partial charge on any atom is -0.271 e. The fourth-order valence-electron chi connectivity index (χ4n) is 2.15. The second-order valence-corrected chi connectivity index (χ2v) is 4.28. The molecule has 3 heteroatoms. The molecule has 0 bridgehead atoms. The Hall–Kier alpha value is -1.45. The minimum atomic E-state index is 0.188. The van der Waals surface area contributed by atoms with Gasteiger partial charge in [0.1, 0.15) is 0 Å². The van der Waals surface area contributed by atoms with Gasteiger partial charge in [0.05, 0.1) is 5.52 Å². The fourth-order valence-corrected chi connectivity index (χ4v) is 2.15. The third-order valence-corrected chi connectivity index (χ3v) is 3.09. The molecular weight excluding hydrogens is 210 g/mol. The van der Waals surface area contributed by atoms with Crippen molar-refractivity contribution in [2.24, 2.45) is 5.84 Å². The first-order valence-corrected chi connectivity index (χ1v) is 6.16. The molecule has 3 N–H and O–H groups in total. The number of aromatic nitrogens is 1. The molecule has 90 valence electrons. The summed E-state index contributed by atoms with van der Waals surface area (Å²) in [6, 6.07) is 10.5. The summed E-state index contributed by atoms with van der Waals surface area (Å²) in [7, 11) is 0. The van der Waals surface area contributed by atoms with E-state index in [1.807, 2.05) is 12.3 Å². The number of nitrogens with two attached hydrogens (primary N) is 1. The molecule has 2 aromatic rings. The van der Waals surface area contributed by atoms with Gasteiger partial charge in [-0.25, -0.2) is 0 Å². The van der Waals surface area contributed by atoms with E-state index in [1.54, 1.807) is 0 Å². The molecule has 0 aliphatic rings. The number of hydrogen-bond acceptors (Lipinski definition) is 3. The standard InChI is InChI=1S/C14H19N3/c1-2-3-9-13(17-15)12-8-4-6-11-7-5-10-16-14(11)12/h4-8,10,13,17H,2-3,9,15H2,1H3. The van der Waals surface area contributed by atoms with Crippen LogP contribution in [0.3, 0.4) is 0 Å². The van der Waals surface area contributed by atoms with Crippen molar-refractivity contribution in [3.8, 4) is 0 Å². The molecule has 1 unspecified atom stereocenters. The Labute approximate surface area is 102 Å². The van der Waals surface area contributed by atoms with Crippen LogP contribution in [0.15, 0.2) is 36.5 Å². The summed E-state index contributed by atoms with van der Waals surface area (Å²) in [6.45, 7) is 2.19. The fraction of sp³-hybridized carbons (Fsp3) is 0.357. The van der Waals surface area contributed by atoms with Crippen LogP contribution in [-0.4, -0.2) is 4.98 Å². The number of para-hydroxylation sites is 1. The zero-order valence-electron chi connectivity index (χ0n) is 10.2. The van der Waals surface area contributed by atoms with Crippen LogP contribution in [0.4, 0.5) is 0 Å². The largest absolute Gasteiger partial charge is 0.271 e. The van der Waals surface area contributed by atoms with Crippen LogP contribution in [-0.2, 0) is 0 Å². The van der Waals surface area contributed by atoms with Gasteiger partial charge in [0.2, 0.25) is 0 Å². The summed E-state index contributed by atoms with van der Waals surface area (Å²) in [5.74, 6) is 5.66. The van der Waals surface area contributed by atoms with Crippen molar-refractivity contribution in [1.29, 1.82) is 0 Å². The molecular formula is C14H19N3. The maximum Gasteiger partial charge on any atom is 0.0750 e. The van der Waals surface area contributed by atoms with Crippen molar-refractivity contribution in [2.45, 2.75) is 32.2 Å². The van der Waals surface area contributed by atoms with Gasteiger partial charge in [0.25, 0.3) is 0 Å². The summed E-state index contributed by atoms with van der Waals surface area (Å²) in [5, 5.41) is 1.17. The van der Waals surface area contributed by atoms with E-state index in [0.29, 0.717) is 0 Å². The zero-order valence-corrected chi connectivity index (χ0v) is 10.2. The molecule has 0 saturated carbocycles. The maximum atomic E-state index is 5.66. The number of nitrogens with one attached hydrogen (secondary N) is 1. The molecule has 1 aromatic carbocycles. The molecule has 3 nitrogen and oxygen atoms in total. The molecule has 1 aromatic heterocycles. The van der Waals surface area contributed by atoms with Gasteiger partial charge < -0.3 is 0 Å². The molecule has 0 spiro atoms. The Balaban J connectivity index is 2.38. The third-order valence-electron chi connectivity index (χ3n) is 3.09. The van der Waals surface area contributed by atoms with Crippen LogP contribution in [0.5, 0.6) is 0 Å². The van der Waals surface area contributed by atoms with E-state index >= 15 is 0 Å². The van der Waals surface area contributed by atoms with E-state index in [0.717, 1.165) is 18.4 Å². The van der Waals surface area contributed by atoms with Gasteiger partial charge in [-0.2, -0.15) is 0 Å². The highest BCUT2D eigenvalue weighted by molar-refractivity contribution is 5.81. The van der Waals surface area contributed by atoms with Gasteiger partial charge in [-0.15, -0.1) is 0 Å². The van der Waals surface area contributed by atoms with Gasteiger partial charge in [-0.1, -0.05) is 44.0 Å². The monoisotopic (exact) mass is 229 g/mol. The average molecular weight is 229 g/mol. The maximum absolute atomic E-state index is 5.66. The molecule has 0 amide bonds. The van der Waals surface area contributed by atoms with Crippen molar-refractivity contribution < 1.29 is 0 Å². The Morgan fingerprint density at radius 2 is 2.12 bits per heavy atom. The van der Waals surface area contributed by atoms with Gasteiger partial charge in [0.15, 0.2) is 0 Å². The highest BCUT2D eigenvalue weighted by Crippen LogP contribution is 2.25. The lowest BCUT2D eigenvalue weighted by Crippen LogP contribution is -2.28. The number of unbranched alkanes of at least 4 members (excludes halogenated alkanes) is 1. The van der Waals surface area contributed by atoms with Gasteiger partial charge in [-0.3, -0.25) is 16.3 Å². The van der Waals surface area contributed by atoms with Crippen LogP contribution in [0.25, 0.3) is 10.9 Å². The Bertz CT molecular complexity index is 476. The predicted molar refractivity (Wildman–Crippen MR) is 71.3 cm³/mol. The zero-order chi connectivity index (χ0) is 12.1. The smallest absolute Gasteiger partial charge is 0.0750 e. The number of fused-ring (bicyclic) bond motifs is 1. The topological polar surface area (TPSA) is 50.9 Å². The lowest BCUT2D eigenvalue weighted by atomic mass is 9.99. The first-order chi connectivity index (χ1) is 8.36. The van der Waals surface area contributed by atoms with E-state index < -0.39 is 0 Å². The third kappa shape index (κ3) is 2.62. The van der Waals surface area contributed by atoms with Crippen molar-refractivity contribution >= 4 is 10.9 Å².